The number of hydrogen-bond donors (Lipinski definition) is 0. The van der Waals surface area contributed by atoms with E-state index in [1.54, 1.807) is 0 Å². The molecule has 2 rings (SSSR count). The van der Waals surface area contributed by atoms with Crippen molar-refractivity contribution in [1.82, 2.24) is 5.16 Å². The number of aromatic amines is 1. The summed E-state index contributed by atoms with van der Waals surface area (Å²) in [6.07, 6.45) is 3.85. The Hall–Kier alpha value is -1.06. The van der Waals surface area contributed by atoms with Crippen LogP contribution < -0.4 is 9.88 Å². The summed E-state index contributed by atoms with van der Waals surface area (Å²) < 4.78 is 5.29. The van der Waals surface area contributed by atoms with Crippen LogP contribution in [0.1, 0.15) is 44.9 Å². The van der Waals surface area contributed by atoms with Crippen LogP contribution >= 0.6 is 0 Å². The number of aromatic nitrogens is 2. The van der Waals surface area contributed by atoms with Gasteiger partial charge in [-0.3, -0.25) is 4.90 Å². The number of piperidine rings is 1. The minimum absolute atomic E-state index is 0.400. The predicted molar refractivity (Wildman–Crippen MR) is 53.2 cm³/mol. The predicted octanol–water partition coefficient (Wildman–Crippen LogP) is 1.60. The molecule has 78 valence electrons. The summed E-state index contributed by atoms with van der Waals surface area (Å²) in [7, 11) is 0. The van der Waals surface area contributed by atoms with Crippen LogP contribution in [0.15, 0.2) is 4.52 Å². The third-order valence-electron chi connectivity index (χ3n) is 2.66. The first kappa shape index (κ1) is 9.49. The lowest BCUT2D eigenvalue weighted by Gasteiger charge is -2.19. The van der Waals surface area contributed by atoms with Gasteiger partial charge in [-0.25, -0.2) is 9.51 Å². The second-order valence-corrected chi connectivity index (χ2v) is 4.20. The van der Waals surface area contributed by atoms with E-state index in [0.717, 1.165) is 24.9 Å². The third kappa shape index (κ3) is 1.89. The molecule has 0 amide bonds. The maximum atomic E-state index is 5.29. The summed E-state index contributed by atoms with van der Waals surface area (Å²) in [6, 6.07) is 0.827. The van der Waals surface area contributed by atoms with E-state index in [1.807, 2.05) is 0 Å². The Morgan fingerprint density at radius 3 is 2.57 bits per heavy atom. The van der Waals surface area contributed by atoms with Crippen molar-refractivity contribution in [3.8, 4) is 0 Å². The topological polar surface area (TPSA) is 43.4 Å². The van der Waals surface area contributed by atoms with Gasteiger partial charge in [0.1, 0.15) is 0 Å². The highest BCUT2D eigenvalue weighted by atomic mass is 16.5. The van der Waals surface area contributed by atoms with Gasteiger partial charge in [-0.05, 0) is 19.3 Å². The minimum atomic E-state index is 0.400. The Bertz CT molecular complexity index is 289. The Balaban J connectivity index is 2.07. The highest BCUT2D eigenvalue weighted by molar-refractivity contribution is 5.18. The van der Waals surface area contributed by atoms with Crippen LogP contribution in [0.4, 0.5) is 6.01 Å². The van der Waals surface area contributed by atoms with E-state index in [4.69, 9.17) is 4.52 Å². The van der Waals surface area contributed by atoms with Crippen molar-refractivity contribution >= 4 is 6.01 Å². The highest BCUT2D eigenvalue weighted by Crippen LogP contribution is 2.16. The first-order valence-corrected chi connectivity index (χ1v) is 5.41. The van der Waals surface area contributed by atoms with Crippen molar-refractivity contribution in [3.63, 3.8) is 0 Å². The minimum Gasteiger partial charge on any atom is -0.258 e. The molecule has 1 saturated heterocycles. The standard InChI is InChI=1S/C10H17N3O/c1-8(2)9-11-10(14-12-9)13-6-4-3-5-7-13/h8H,3-7H2,1-2H3/p+1. The maximum Gasteiger partial charge on any atom is 0.435 e. The average molecular weight is 196 g/mol. The normalized spacial score (nSPS) is 17.8. The molecule has 4 nitrogen and oxygen atoms in total. The molecule has 0 atom stereocenters. The second-order valence-electron chi connectivity index (χ2n) is 4.20. The van der Waals surface area contributed by atoms with Gasteiger partial charge in [0.05, 0.1) is 18.2 Å². The van der Waals surface area contributed by atoms with E-state index in [1.165, 1.54) is 19.3 Å². The fraction of sp³-hybridized carbons (Fsp3) is 0.800. The van der Waals surface area contributed by atoms with E-state index in [0.29, 0.717) is 5.92 Å². The molecule has 0 aliphatic carbocycles. The van der Waals surface area contributed by atoms with Crippen LogP contribution in [-0.4, -0.2) is 18.2 Å². The van der Waals surface area contributed by atoms with Crippen LogP contribution in [0.3, 0.4) is 0 Å². The zero-order valence-corrected chi connectivity index (χ0v) is 8.92. The van der Waals surface area contributed by atoms with E-state index < -0.39 is 0 Å². The second kappa shape index (κ2) is 3.98. The fourth-order valence-electron chi connectivity index (χ4n) is 1.73. The summed E-state index contributed by atoms with van der Waals surface area (Å²) in [5.74, 6) is 1.34. The highest BCUT2D eigenvalue weighted by Gasteiger charge is 2.24. The molecular weight excluding hydrogens is 178 g/mol. The molecule has 2 heterocycles. The molecule has 0 radical (unpaired) electrons. The largest absolute Gasteiger partial charge is 0.435 e. The molecule has 0 bridgehead atoms. The summed E-state index contributed by atoms with van der Waals surface area (Å²) in [4.78, 5) is 5.47. The smallest absolute Gasteiger partial charge is 0.258 e. The van der Waals surface area contributed by atoms with Gasteiger partial charge in [-0.1, -0.05) is 13.8 Å². The van der Waals surface area contributed by atoms with Crippen molar-refractivity contribution in [2.45, 2.75) is 39.0 Å². The van der Waals surface area contributed by atoms with Crippen LogP contribution in [0.25, 0.3) is 0 Å². The molecule has 4 heteroatoms. The average Bonchev–Trinajstić information content (AvgIpc) is 2.68. The maximum absolute atomic E-state index is 5.29. The monoisotopic (exact) mass is 196 g/mol. The lowest BCUT2D eigenvalue weighted by molar-refractivity contribution is -0.383. The van der Waals surface area contributed by atoms with Crippen molar-refractivity contribution in [2.75, 3.05) is 18.0 Å². The Morgan fingerprint density at radius 2 is 2.00 bits per heavy atom. The van der Waals surface area contributed by atoms with E-state index in [-0.39, 0.29) is 0 Å². The molecule has 1 aromatic rings. The van der Waals surface area contributed by atoms with Crippen LogP contribution in [0.2, 0.25) is 0 Å². The number of hydrogen-bond acceptors (Lipinski definition) is 3. The third-order valence-corrected chi connectivity index (χ3v) is 2.66. The Morgan fingerprint density at radius 1 is 1.29 bits per heavy atom. The van der Waals surface area contributed by atoms with Crippen molar-refractivity contribution in [2.24, 2.45) is 0 Å². The van der Waals surface area contributed by atoms with Gasteiger partial charge in [0.15, 0.2) is 0 Å². The molecule has 14 heavy (non-hydrogen) atoms. The van der Waals surface area contributed by atoms with Gasteiger partial charge in [0.2, 0.25) is 0 Å². The molecule has 0 unspecified atom stereocenters. The summed E-state index contributed by atoms with van der Waals surface area (Å²) in [5, 5.41) is 4.02. The number of nitrogens with one attached hydrogen (secondary N) is 1. The molecule has 1 fully saturated rings. The lowest BCUT2D eigenvalue weighted by Crippen LogP contribution is -2.33. The molecule has 1 aliphatic heterocycles. The van der Waals surface area contributed by atoms with Crippen molar-refractivity contribution in [3.05, 3.63) is 5.82 Å². The zero-order valence-electron chi connectivity index (χ0n) is 8.92. The van der Waals surface area contributed by atoms with Gasteiger partial charge in [0, 0.05) is 5.92 Å². The first-order chi connectivity index (χ1) is 6.77. The van der Waals surface area contributed by atoms with Crippen LogP contribution in [-0.2, 0) is 0 Å². The number of nitrogens with zero attached hydrogens (tertiary/aromatic N) is 2. The summed E-state index contributed by atoms with van der Waals surface area (Å²) in [5.41, 5.74) is 0. The summed E-state index contributed by atoms with van der Waals surface area (Å²) >= 11 is 0. The lowest BCUT2D eigenvalue weighted by atomic mass is 10.1. The molecule has 0 aromatic carbocycles. The van der Waals surface area contributed by atoms with Crippen molar-refractivity contribution < 1.29 is 9.51 Å². The quantitative estimate of drug-likeness (QED) is 0.721. The van der Waals surface area contributed by atoms with E-state index in [2.05, 4.69) is 28.9 Å². The van der Waals surface area contributed by atoms with Crippen molar-refractivity contribution in [1.29, 1.82) is 0 Å². The number of H-pyrrole nitrogens is 1. The van der Waals surface area contributed by atoms with E-state index >= 15 is 0 Å². The zero-order chi connectivity index (χ0) is 9.97. The van der Waals surface area contributed by atoms with E-state index in [9.17, 15) is 0 Å². The fourth-order valence-corrected chi connectivity index (χ4v) is 1.73. The van der Waals surface area contributed by atoms with Gasteiger partial charge in [-0.2, -0.15) is 0 Å². The van der Waals surface area contributed by atoms with Gasteiger partial charge < -0.3 is 0 Å². The molecular formula is C10H18N3O+. The molecule has 1 aliphatic rings. The van der Waals surface area contributed by atoms with Gasteiger partial charge in [0.25, 0.3) is 5.82 Å². The van der Waals surface area contributed by atoms with Crippen LogP contribution in [0.5, 0.6) is 0 Å². The number of anilines is 1. The van der Waals surface area contributed by atoms with Crippen LogP contribution in [0, 0.1) is 0 Å². The molecule has 1 N–H and O–H groups in total. The SMILES string of the molecule is CC(C)c1noc(N2CCCCC2)[nH+]1. The molecule has 1 aromatic heterocycles. The van der Waals surface area contributed by atoms with Gasteiger partial charge >= 0.3 is 6.01 Å². The Labute approximate surface area is 84.3 Å². The Kier molecular flexibility index (Phi) is 2.70. The number of rotatable bonds is 2. The molecule has 0 spiro atoms. The first-order valence-electron chi connectivity index (χ1n) is 5.41. The molecule has 0 saturated carbocycles. The summed E-state index contributed by atoms with van der Waals surface area (Å²) in [6.45, 7) is 6.38. The van der Waals surface area contributed by atoms with Gasteiger partial charge in [-0.15, -0.1) is 0 Å².